The predicted octanol–water partition coefficient (Wildman–Crippen LogP) is 2.75. The number of carbonyl (C=O) groups excluding carboxylic acids is 1. The molecule has 7 nitrogen and oxygen atoms in total. The number of nitrogens with zero attached hydrogens (tertiary/aromatic N) is 6. The van der Waals surface area contributed by atoms with Crippen molar-refractivity contribution >= 4 is 23.5 Å². The van der Waals surface area contributed by atoms with Gasteiger partial charge in [-0.25, -0.2) is 9.07 Å². The molecule has 0 saturated carbocycles. The standard InChI is InChI=1S/C24H26FN6OS/c25-20-3-5-21(6-4-20)30-23(7-8-26-30)27-9-11-29(12-10-27)31-14-1-2-22(31)16-19(17-31)24(32)28-13-15-33-18-28/h1-8,14,16H,9-13,15,17-18H2/q+1/t31-/m1/s1. The van der Waals surface area contributed by atoms with Crippen molar-refractivity contribution in [1.29, 1.82) is 0 Å². The Balaban J connectivity index is 1.17. The third-order valence-corrected chi connectivity index (χ3v) is 7.84. The number of thioether (sulfide) groups is 1. The van der Waals surface area contributed by atoms with Gasteiger partial charge in [-0.1, -0.05) is 0 Å². The van der Waals surface area contributed by atoms with Crippen molar-refractivity contribution in [3.8, 4) is 5.69 Å². The maximum absolute atomic E-state index is 13.4. The van der Waals surface area contributed by atoms with Gasteiger partial charge in [-0.2, -0.15) is 9.69 Å². The van der Waals surface area contributed by atoms with Crippen LogP contribution in [-0.4, -0.2) is 81.1 Å². The Morgan fingerprint density at radius 1 is 1.06 bits per heavy atom. The number of anilines is 1. The van der Waals surface area contributed by atoms with Gasteiger partial charge in [0.1, 0.15) is 24.4 Å². The van der Waals surface area contributed by atoms with Crippen molar-refractivity contribution in [2.75, 3.05) is 55.8 Å². The van der Waals surface area contributed by atoms with E-state index in [1.165, 1.54) is 17.8 Å². The number of amides is 1. The number of allylic oxidation sites excluding steroid dienone is 3. The molecule has 2 saturated heterocycles. The lowest BCUT2D eigenvalue weighted by Crippen LogP contribution is -2.60. The van der Waals surface area contributed by atoms with Gasteiger partial charge in [0.25, 0.3) is 5.91 Å². The quantitative estimate of drug-likeness (QED) is 0.650. The van der Waals surface area contributed by atoms with Crippen molar-refractivity contribution in [3.05, 3.63) is 78.0 Å². The van der Waals surface area contributed by atoms with Crippen LogP contribution in [-0.2, 0) is 4.79 Å². The van der Waals surface area contributed by atoms with Crippen LogP contribution < -0.4 is 4.90 Å². The lowest BCUT2D eigenvalue weighted by atomic mass is 10.2. The molecule has 2 fully saturated rings. The van der Waals surface area contributed by atoms with Crippen LogP contribution in [0.2, 0.25) is 0 Å². The molecule has 0 radical (unpaired) electrons. The molecule has 4 aliphatic rings. The normalized spacial score (nSPS) is 24.9. The van der Waals surface area contributed by atoms with Crippen LogP contribution in [0.3, 0.4) is 0 Å². The number of quaternary nitrogens is 1. The molecule has 6 rings (SSSR count). The highest BCUT2D eigenvalue weighted by molar-refractivity contribution is 7.99. The molecule has 0 aliphatic carbocycles. The van der Waals surface area contributed by atoms with Crippen LogP contribution >= 0.6 is 11.8 Å². The third kappa shape index (κ3) is 3.51. The van der Waals surface area contributed by atoms with E-state index in [-0.39, 0.29) is 11.7 Å². The molecule has 1 atom stereocenters. The Bertz CT molecular complexity index is 1160. The Labute approximate surface area is 196 Å². The highest BCUT2D eigenvalue weighted by Crippen LogP contribution is 2.38. The molecule has 33 heavy (non-hydrogen) atoms. The Kier molecular flexibility index (Phi) is 5.12. The van der Waals surface area contributed by atoms with Crippen LogP contribution in [0.4, 0.5) is 10.2 Å². The number of rotatable bonds is 4. The number of hydrogen-bond acceptors (Lipinski definition) is 5. The van der Waals surface area contributed by atoms with Gasteiger partial charge in [-0.15, -0.1) is 16.8 Å². The summed E-state index contributed by atoms with van der Waals surface area (Å²) in [6.45, 7) is 4.96. The second-order valence-corrected chi connectivity index (χ2v) is 9.79. The Morgan fingerprint density at radius 2 is 1.88 bits per heavy atom. The number of carbonyl (C=O) groups is 1. The lowest BCUT2D eigenvalue weighted by Gasteiger charge is -2.44. The maximum atomic E-state index is 13.4. The van der Waals surface area contributed by atoms with E-state index in [0.29, 0.717) is 11.1 Å². The molecule has 0 bridgehead atoms. The highest BCUT2D eigenvalue weighted by Gasteiger charge is 2.48. The molecule has 1 aromatic carbocycles. The van der Waals surface area contributed by atoms with E-state index in [4.69, 9.17) is 0 Å². The highest BCUT2D eigenvalue weighted by atomic mass is 32.2. The smallest absolute Gasteiger partial charge is 0.256 e. The zero-order valence-electron chi connectivity index (χ0n) is 18.3. The zero-order valence-corrected chi connectivity index (χ0v) is 19.1. The SMILES string of the molecule is O=C(C1=CC2=CC=C[N@@+]2(N2CCN(c3ccnn3-c3ccc(F)cc3)CC2)C1)N1CCSC1. The molecule has 0 spiro atoms. The topological polar surface area (TPSA) is 44.6 Å². The van der Waals surface area contributed by atoms with Gasteiger partial charge in [-0.05, 0) is 30.3 Å². The maximum Gasteiger partial charge on any atom is 0.256 e. The fourth-order valence-electron chi connectivity index (χ4n) is 5.15. The summed E-state index contributed by atoms with van der Waals surface area (Å²) in [7, 11) is 0. The van der Waals surface area contributed by atoms with Gasteiger partial charge in [0.05, 0.1) is 36.4 Å². The van der Waals surface area contributed by atoms with E-state index < -0.39 is 0 Å². The first-order chi connectivity index (χ1) is 16.1. The van der Waals surface area contributed by atoms with E-state index in [0.717, 1.165) is 61.4 Å². The predicted molar refractivity (Wildman–Crippen MR) is 127 cm³/mol. The second kappa shape index (κ2) is 8.16. The minimum atomic E-state index is -0.252. The van der Waals surface area contributed by atoms with Crippen molar-refractivity contribution in [3.63, 3.8) is 0 Å². The zero-order chi connectivity index (χ0) is 22.4. The summed E-state index contributed by atoms with van der Waals surface area (Å²) in [5, 5.41) is 6.93. The van der Waals surface area contributed by atoms with Gasteiger partial charge >= 0.3 is 0 Å². The summed E-state index contributed by atoms with van der Waals surface area (Å²) in [6, 6.07) is 8.43. The second-order valence-electron chi connectivity index (χ2n) is 8.71. The molecular weight excluding hydrogens is 439 g/mol. The van der Waals surface area contributed by atoms with E-state index in [1.807, 2.05) is 27.4 Å². The summed E-state index contributed by atoms with van der Waals surface area (Å²) in [4.78, 5) is 17.3. The van der Waals surface area contributed by atoms with Crippen molar-refractivity contribution in [2.45, 2.75) is 0 Å². The molecular formula is C24H26FN6OS+. The van der Waals surface area contributed by atoms with E-state index in [1.54, 1.807) is 18.3 Å². The number of hydrogen-bond donors (Lipinski definition) is 0. The fraction of sp³-hybridized carbons (Fsp3) is 0.333. The molecule has 9 heteroatoms. The minimum Gasteiger partial charge on any atom is -0.354 e. The fourth-order valence-corrected chi connectivity index (χ4v) is 6.10. The Hall–Kier alpha value is -2.88. The average molecular weight is 466 g/mol. The molecule has 5 heterocycles. The van der Waals surface area contributed by atoms with E-state index in [2.05, 4.69) is 39.4 Å². The van der Waals surface area contributed by atoms with Gasteiger partial charge in [0.2, 0.25) is 0 Å². The van der Waals surface area contributed by atoms with Crippen LogP contribution in [0.25, 0.3) is 5.69 Å². The van der Waals surface area contributed by atoms with Gasteiger partial charge in [0.15, 0.2) is 5.70 Å². The van der Waals surface area contributed by atoms with Crippen LogP contribution in [0, 0.1) is 5.82 Å². The molecule has 1 amide bonds. The average Bonchev–Trinajstić information content (AvgIpc) is 3.63. The van der Waals surface area contributed by atoms with Crippen LogP contribution in [0.15, 0.2) is 72.2 Å². The molecule has 2 aromatic rings. The van der Waals surface area contributed by atoms with Gasteiger partial charge in [-0.3, -0.25) is 4.79 Å². The van der Waals surface area contributed by atoms with Crippen molar-refractivity contribution in [2.24, 2.45) is 0 Å². The number of benzene rings is 1. The Morgan fingerprint density at radius 3 is 2.64 bits per heavy atom. The summed E-state index contributed by atoms with van der Waals surface area (Å²) in [5.74, 6) is 2.76. The number of aromatic nitrogens is 2. The summed E-state index contributed by atoms with van der Waals surface area (Å²) in [5.41, 5.74) is 2.93. The third-order valence-electron chi connectivity index (χ3n) is 6.87. The first kappa shape index (κ1) is 20.7. The van der Waals surface area contributed by atoms with Crippen LogP contribution in [0.1, 0.15) is 0 Å². The summed E-state index contributed by atoms with van der Waals surface area (Å²) >= 11 is 1.82. The number of halogens is 1. The minimum absolute atomic E-state index is 0.183. The van der Waals surface area contributed by atoms with E-state index >= 15 is 0 Å². The first-order valence-electron chi connectivity index (χ1n) is 11.3. The number of piperazine rings is 1. The van der Waals surface area contributed by atoms with Crippen molar-refractivity contribution in [1.82, 2.24) is 19.7 Å². The lowest BCUT2D eigenvalue weighted by molar-refractivity contribution is -0.948. The molecule has 4 aliphatic heterocycles. The molecule has 1 aromatic heterocycles. The summed E-state index contributed by atoms with van der Waals surface area (Å²) in [6.07, 6.45) is 10.3. The molecule has 0 unspecified atom stereocenters. The van der Waals surface area contributed by atoms with E-state index in [9.17, 15) is 9.18 Å². The van der Waals surface area contributed by atoms with Gasteiger partial charge < -0.3 is 9.80 Å². The number of fused-ring (bicyclic) bond motifs is 1. The van der Waals surface area contributed by atoms with Crippen molar-refractivity contribution < 1.29 is 13.8 Å². The van der Waals surface area contributed by atoms with Crippen LogP contribution in [0.5, 0.6) is 0 Å². The first-order valence-corrected chi connectivity index (χ1v) is 12.5. The summed E-state index contributed by atoms with van der Waals surface area (Å²) < 4.78 is 15.8. The molecule has 170 valence electrons. The van der Waals surface area contributed by atoms with Gasteiger partial charge in [0, 0.05) is 43.6 Å². The largest absolute Gasteiger partial charge is 0.354 e. The molecule has 0 N–H and O–H groups in total. The monoisotopic (exact) mass is 465 g/mol.